The summed E-state index contributed by atoms with van der Waals surface area (Å²) in [6.45, 7) is 26.7. The van der Waals surface area contributed by atoms with Crippen LogP contribution in [-0.4, -0.2) is 95.5 Å². The van der Waals surface area contributed by atoms with E-state index in [-0.39, 0.29) is 88.7 Å². The summed E-state index contributed by atoms with van der Waals surface area (Å²) in [6, 6.07) is 0. The van der Waals surface area contributed by atoms with Gasteiger partial charge >= 0.3 is 17.9 Å². The quantitative estimate of drug-likeness (QED) is 0.225. The van der Waals surface area contributed by atoms with Crippen molar-refractivity contribution >= 4 is 17.9 Å². The van der Waals surface area contributed by atoms with E-state index < -0.39 is 0 Å². The van der Waals surface area contributed by atoms with Crippen molar-refractivity contribution in [3.8, 4) is 0 Å². The zero-order valence-electron chi connectivity index (χ0n) is 29.0. The Morgan fingerprint density at radius 1 is 0.512 bits per heavy atom. The molecule has 3 rings (SSSR count). The maximum Gasteiger partial charge on any atom is 0.310 e. The van der Waals surface area contributed by atoms with Crippen molar-refractivity contribution in [2.24, 2.45) is 17.8 Å². The number of hydrogen-bond donors (Lipinski definition) is 3. The molecular formula is C33H60N4O6. The first kappa shape index (κ1) is 35.7. The summed E-state index contributed by atoms with van der Waals surface area (Å²) in [5.41, 5.74) is -1.45. The lowest BCUT2D eigenvalue weighted by molar-refractivity contribution is -0.151. The number of esters is 3. The van der Waals surface area contributed by atoms with Crippen LogP contribution in [0.15, 0.2) is 0 Å². The van der Waals surface area contributed by atoms with Crippen molar-refractivity contribution in [2.75, 3.05) is 39.5 Å². The zero-order valence-corrected chi connectivity index (χ0v) is 29.0. The fraction of sp³-hybridized carbons (Fsp3) is 0.909. The number of carbonyl (C=O) groups excluding carboxylic acids is 3. The van der Waals surface area contributed by atoms with Gasteiger partial charge in [0, 0.05) is 52.9 Å². The number of hydrogen-bond acceptors (Lipinski definition) is 10. The molecule has 3 aliphatic rings. The molecule has 10 nitrogen and oxygen atoms in total. The van der Waals surface area contributed by atoms with E-state index in [0.29, 0.717) is 38.9 Å². The minimum absolute atomic E-state index is 0.135. The van der Waals surface area contributed by atoms with E-state index in [1.54, 1.807) is 0 Å². The van der Waals surface area contributed by atoms with E-state index >= 15 is 0 Å². The van der Waals surface area contributed by atoms with E-state index in [1.165, 1.54) is 0 Å². The monoisotopic (exact) mass is 608 g/mol. The van der Waals surface area contributed by atoms with Crippen molar-refractivity contribution in [3.63, 3.8) is 0 Å². The normalized spacial score (nSPS) is 29.4. The summed E-state index contributed by atoms with van der Waals surface area (Å²) in [6.07, 6.45) is 2.13. The van der Waals surface area contributed by atoms with Crippen molar-refractivity contribution in [3.05, 3.63) is 0 Å². The number of carbonyl (C=O) groups is 3. The number of nitrogens with one attached hydrogen (secondary N) is 3. The molecule has 0 amide bonds. The highest BCUT2D eigenvalue weighted by Crippen LogP contribution is 2.38. The molecule has 0 aliphatic carbocycles. The van der Waals surface area contributed by atoms with E-state index in [4.69, 9.17) is 14.2 Å². The Morgan fingerprint density at radius 2 is 0.744 bits per heavy atom. The first-order valence-corrected chi connectivity index (χ1v) is 16.1. The Hall–Kier alpha value is -1.75. The Labute approximate surface area is 260 Å². The lowest BCUT2D eigenvalue weighted by atomic mass is 9.87. The van der Waals surface area contributed by atoms with E-state index in [1.807, 2.05) is 46.4 Å². The van der Waals surface area contributed by atoms with Gasteiger partial charge in [-0.15, -0.1) is 0 Å². The van der Waals surface area contributed by atoms with Gasteiger partial charge in [0.25, 0.3) is 0 Å². The zero-order chi connectivity index (χ0) is 32.6. The Balaban J connectivity index is 1.55. The molecular weight excluding hydrogens is 548 g/mol. The predicted octanol–water partition coefficient (Wildman–Crippen LogP) is 3.42. The van der Waals surface area contributed by atoms with Crippen molar-refractivity contribution in [1.82, 2.24) is 20.9 Å². The van der Waals surface area contributed by atoms with Crippen LogP contribution in [0.25, 0.3) is 0 Å². The molecule has 3 aliphatic heterocycles. The molecule has 0 aromatic rings. The van der Waals surface area contributed by atoms with Gasteiger partial charge in [-0.05, 0) is 102 Å². The van der Waals surface area contributed by atoms with Crippen LogP contribution in [0.5, 0.6) is 0 Å². The van der Waals surface area contributed by atoms with Crippen LogP contribution in [0.3, 0.4) is 0 Å². The molecule has 3 saturated heterocycles. The average molecular weight is 609 g/mol. The number of ether oxygens (including phenoxy) is 3. The lowest BCUT2D eigenvalue weighted by Crippen LogP contribution is -2.47. The van der Waals surface area contributed by atoms with Gasteiger partial charge in [-0.2, -0.15) is 0 Å². The summed E-state index contributed by atoms with van der Waals surface area (Å²) >= 11 is 0. The summed E-state index contributed by atoms with van der Waals surface area (Å²) in [7, 11) is 0. The van der Waals surface area contributed by atoms with E-state index in [2.05, 4.69) is 57.5 Å². The molecule has 43 heavy (non-hydrogen) atoms. The number of rotatable bonds is 12. The molecule has 248 valence electrons. The topological polar surface area (TPSA) is 118 Å². The largest absolute Gasteiger partial charge is 0.464 e. The van der Waals surface area contributed by atoms with Gasteiger partial charge < -0.3 is 30.2 Å². The lowest BCUT2D eigenvalue weighted by Gasteiger charge is -2.28. The van der Waals surface area contributed by atoms with Crippen LogP contribution >= 0.6 is 0 Å². The van der Waals surface area contributed by atoms with Gasteiger partial charge in [-0.25, -0.2) is 0 Å². The van der Waals surface area contributed by atoms with E-state index in [0.717, 1.165) is 0 Å². The third-order valence-corrected chi connectivity index (χ3v) is 9.55. The summed E-state index contributed by atoms with van der Waals surface area (Å²) in [4.78, 5) is 41.1. The van der Waals surface area contributed by atoms with Gasteiger partial charge in [0.2, 0.25) is 0 Å². The van der Waals surface area contributed by atoms with Crippen molar-refractivity contribution < 1.29 is 28.6 Å². The molecule has 3 heterocycles. The molecule has 3 N–H and O–H groups in total. The van der Waals surface area contributed by atoms with Crippen LogP contribution in [-0.2, 0) is 28.6 Å². The minimum Gasteiger partial charge on any atom is -0.464 e. The van der Waals surface area contributed by atoms with Crippen LogP contribution in [0, 0.1) is 17.8 Å². The second-order valence-electron chi connectivity index (χ2n) is 16.8. The average Bonchev–Trinajstić information content (AvgIpc) is 3.30. The molecule has 0 aromatic heterocycles. The second kappa shape index (κ2) is 12.6. The number of nitrogens with zero attached hydrogens (tertiary/aromatic N) is 1. The van der Waals surface area contributed by atoms with E-state index in [9.17, 15) is 14.4 Å². The fourth-order valence-corrected chi connectivity index (χ4v) is 7.92. The van der Waals surface area contributed by atoms with Gasteiger partial charge in [0.15, 0.2) is 0 Å². The smallest absolute Gasteiger partial charge is 0.310 e. The molecule has 0 saturated carbocycles. The second-order valence-corrected chi connectivity index (χ2v) is 16.8. The van der Waals surface area contributed by atoms with Crippen LogP contribution in [0.4, 0.5) is 0 Å². The third kappa shape index (κ3) is 9.38. The molecule has 3 fully saturated rings. The first-order valence-electron chi connectivity index (χ1n) is 16.1. The van der Waals surface area contributed by atoms with Gasteiger partial charge in [-0.3, -0.25) is 19.3 Å². The highest BCUT2D eigenvalue weighted by atomic mass is 16.5. The molecule has 0 radical (unpaired) electrons. The van der Waals surface area contributed by atoms with Gasteiger partial charge in [0.05, 0.1) is 17.8 Å². The van der Waals surface area contributed by atoms with Crippen LogP contribution in [0.1, 0.15) is 102 Å². The molecule has 0 spiro atoms. The maximum absolute atomic E-state index is 13.0. The molecule has 0 aromatic carbocycles. The summed E-state index contributed by atoms with van der Waals surface area (Å²) < 4.78 is 17.3. The molecule has 10 heteroatoms. The maximum atomic E-state index is 13.0. The minimum atomic E-state index is -0.350. The van der Waals surface area contributed by atoms with Gasteiger partial charge in [0.1, 0.15) is 19.8 Å². The Morgan fingerprint density at radius 3 is 0.930 bits per heavy atom. The van der Waals surface area contributed by atoms with Gasteiger partial charge in [-0.1, -0.05) is 0 Å². The van der Waals surface area contributed by atoms with Crippen LogP contribution < -0.4 is 16.0 Å². The third-order valence-electron chi connectivity index (χ3n) is 9.55. The standard InChI is InChI=1S/C33H60N4O6/c1-28(2)19-22(31(7,8)34-28)25(38)41-16-13-37(14-17-42-26(39)23-20-29(3,4)35-32(23,9)10)15-18-43-27(40)24-21-30(5,6)36-33(24,11)12/h22-24,34-36H,13-21H2,1-12H3/t22-,23?,24?/m0/s1. The van der Waals surface area contributed by atoms with Crippen molar-refractivity contribution in [2.45, 2.75) is 136 Å². The highest BCUT2D eigenvalue weighted by Gasteiger charge is 2.50. The summed E-state index contributed by atoms with van der Waals surface area (Å²) in [5, 5.41) is 10.6. The molecule has 2 unspecified atom stereocenters. The fourth-order valence-electron chi connectivity index (χ4n) is 7.92. The first-order chi connectivity index (χ1) is 19.5. The highest BCUT2D eigenvalue weighted by molar-refractivity contribution is 5.76. The molecule has 3 atom stereocenters. The SMILES string of the molecule is CC1(C)CC(C(=O)OCCN(CCOC(=O)C2CC(C)(C)NC2(C)C)CCOC(=O)[C@@H]2CC(C)(C)NC2(C)C)C(C)(C)N1. The van der Waals surface area contributed by atoms with Crippen molar-refractivity contribution in [1.29, 1.82) is 0 Å². The predicted molar refractivity (Wildman–Crippen MR) is 168 cm³/mol. The summed E-state index contributed by atoms with van der Waals surface area (Å²) in [5.74, 6) is -1.34. The Kier molecular flexibility index (Phi) is 10.4. The molecule has 0 bridgehead atoms. The van der Waals surface area contributed by atoms with Crippen LogP contribution in [0.2, 0.25) is 0 Å². The Bertz CT molecular complexity index is 906.